The maximum atomic E-state index is 5.86. The zero-order chi connectivity index (χ0) is 16.1. The van der Waals surface area contributed by atoms with E-state index in [9.17, 15) is 0 Å². The van der Waals surface area contributed by atoms with Crippen LogP contribution in [0.2, 0.25) is 5.02 Å². The molecule has 3 rings (SSSR count). The standard InChI is InChI=1S/C18H23ClN4/c1-22(18-20-13-16(19)14-21-18)17-8-11-23(12-9-17)10-7-15-5-3-2-4-6-15/h2-6,13-14,17H,7-12H2,1H3. The van der Waals surface area contributed by atoms with Crippen molar-refractivity contribution >= 4 is 17.5 Å². The number of halogens is 1. The molecule has 0 N–H and O–H groups in total. The molecule has 0 spiro atoms. The Morgan fingerprint density at radius 3 is 2.43 bits per heavy atom. The Morgan fingerprint density at radius 2 is 1.78 bits per heavy atom. The third-order valence-corrected chi connectivity index (χ3v) is 4.78. The van der Waals surface area contributed by atoms with Crippen LogP contribution in [0.15, 0.2) is 42.7 Å². The smallest absolute Gasteiger partial charge is 0.225 e. The molecule has 0 atom stereocenters. The molecule has 1 aromatic heterocycles. The molecule has 0 bridgehead atoms. The predicted molar refractivity (Wildman–Crippen MR) is 95.1 cm³/mol. The van der Waals surface area contributed by atoms with E-state index in [4.69, 9.17) is 11.6 Å². The van der Waals surface area contributed by atoms with Crippen molar-refractivity contribution in [3.05, 3.63) is 53.3 Å². The van der Waals surface area contributed by atoms with Gasteiger partial charge in [-0.1, -0.05) is 41.9 Å². The molecule has 1 fully saturated rings. The molecule has 1 aliphatic rings. The highest BCUT2D eigenvalue weighted by atomic mass is 35.5. The Hall–Kier alpha value is -1.65. The topological polar surface area (TPSA) is 32.3 Å². The molecule has 0 amide bonds. The number of piperidine rings is 1. The van der Waals surface area contributed by atoms with Crippen molar-refractivity contribution in [3.63, 3.8) is 0 Å². The number of nitrogens with zero attached hydrogens (tertiary/aromatic N) is 4. The second-order valence-corrected chi connectivity index (χ2v) is 6.56. The predicted octanol–water partition coefficient (Wildman–Crippen LogP) is 3.27. The lowest BCUT2D eigenvalue weighted by molar-refractivity contribution is 0.212. The summed E-state index contributed by atoms with van der Waals surface area (Å²) in [6.07, 6.45) is 6.75. The molecule has 0 unspecified atom stereocenters. The summed E-state index contributed by atoms with van der Waals surface area (Å²) in [5, 5.41) is 0.581. The average Bonchev–Trinajstić information content (AvgIpc) is 2.61. The number of aromatic nitrogens is 2. The van der Waals surface area contributed by atoms with Crippen LogP contribution in [-0.4, -0.2) is 47.6 Å². The molecule has 0 saturated carbocycles. The highest BCUT2D eigenvalue weighted by molar-refractivity contribution is 6.30. The molecule has 4 nitrogen and oxygen atoms in total. The molecular formula is C18H23ClN4. The first-order valence-corrected chi connectivity index (χ1v) is 8.57. The molecule has 122 valence electrons. The molecule has 1 saturated heterocycles. The first kappa shape index (κ1) is 16.2. The van der Waals surface area contributed by atoms with Gasteiger partial charge in [0.25, 0.3) is 0 Å². The zero-order valence-electron chi connectivity index (χ0n) is 13.5. The third-order valence-electron chi connectivity index (χ3n) is 4.59. The van der Waals surface area contributed by atoms with E-state index < -0.39 is 0 Å². The summed E-state index contributed by atoms with van der Waals surface area (Å²) in [6, 6.07) is 11.2. The van der Waals surface area contributed by atoms with Gasteiger partial charge in [0, 0.05) is 32.7 Å². The molecular weight excluding hydrogens is 308 g/mol. The minimum atomic E-state index is 0.504. The summed E-state index contributed by atoms with van der Waals surface area (Å²) in [5.74, 6) is 0.761. The molecule has 0 aliphatic carbocycles. The average molecular weight is 331 g/mol. The quantitative estimate of drug-likeness (QED) is 0.842. The van der Waals surface area contributed by atoms with E-state index in [0.29, 0.717) is 11.1 Å². The van der Waals surface area contributed by atoms with Gasteiger partial charge in [0.15, 0.2) is 0 Å². The summed E-state index contributed by atoms with van der Waals surface area (Å²) < 4.78 is 0. The number of benzene rings is 1. The number of anilines is 1. The summed E-state index contributed by atoms with van der Waals surface area (Å²) in [4.78, 5) is 13.4. The van der Waals surface area contributed by atoms with Crippen molar-refractivity contribution in [2.75, 3.05) is 31.6 Å². The Labute approximate surface area is 143 Å². The molecule has 2 heterocycles. The van der Waals surface area contributed by atoms with Crippen LogP contribution < -0.4 is 4.90 Å². The second kappa shape index (κ2) is 7.75. The maximum absolute atomic E-state index is 5.86. The van der Waals surface area contributed by atoms with Crippen LogP contribution in [0.3, 0.4) is 0 Å². The largest absolute Gasteiger partial charge is 0.341 e. The molecule has 0 radical (unpaired) electrons. The van der Waals surface area contributed by atoms with Crippen molar-refractivity contribution in [1.29, 1.82) is 0 Å². The van der Waals surface area contributed by atoms with E-state index >= 15 is 0 Å². The molecule has 2 aromatic rings. The lowest BCUT2D eigenvalue weighted by atomic mass is 10.0. The highest BCUT2D eigenvalue weighted by Gasteiger charge is 2.23. The SMILES string of the molecule is CN(c1ncc(Cl)cn1)C1CCN(CCc2ccccc2)CC1. The van der Waals surface area contributed by atoms with Crippen LogP contribution in [0, 0.1) is 0 Å². The Morgan fingerprint density at radius 1 is 1.13 bits per heavy atom. The zero-order valence-corrected chi connectivity index (χ0v) is 14.3. The molecule has 5 heteroatoms. The van der Waals surface area contributed by atoms with Gasteiger partial charge < -0.3 is 9.80 Å². The Kier molecular flexibility index (Phi) is 5.47. The fourth-order valence-corrected chi connectivity index (χ4v) is 3.21. The highest BCUT2D eigenvalue weighted by Crippen LogP contribution is 2.20. The van der Waals surface area contributed by atoms with Gasteiger partial charge in [-0.25, -0.2) is 9.97 Å². The van der Waals surface area contributed by atoms with Crippen LogP contribution in [-0.2, 0) is 6.42 Å². The van der Waals surface area contributed by atoms with Crippen LogP contribution >= 0.6 is 11.6 Å². The third kappa shape index (κ3) is 4.43. The van der Waals surface area contributed by atoms with Crippen LogP contribution in [0.5, 0.6) is 0 Å². The molecule has 23 heavy (non-hydrogen) atoms. The lowest BCUT2D eigenvalue weighted by Gasteiger charge is -2.36. The van der Waals surface area contributed by atoms with Gasteiger partial charge in [0.05, 0.1) is 17.4 Å². The fourth-order valence-electron chi connectivity index (χ4n) is 3.11. The number of hydrogen-bond donors (Lipinski definition) is 0. The molecule has 1 aliphatic heterocycles. The van der Waals surface area contributed by atoms with Gasteiger partial charge >= 0.3 is 0 Å². The van der Waals surface area contributed by atoms with E-state index in [1.807, 2.05) is 0 Å². The summed E-state index contributed by atoms with van der Waals surface area (Å²) in [7, 11) is 2.08. The van der Waals surface area contributed by atoms with E-state index in [1.54, 1.807) is 12.4 Å². The molecule has 1 aromatic carbocycles. The number of likely N-dealkylation sites (tertiary alicyclic amines) is 1. The lowest BCUT2D eigenvalue weighted by Crippen LogP contribution is -2.44. The van der Waals surface area contributed by atoms with Crippen LogP contribution in [0.4, 0.5) is 5.95 Å². The maximum Gasteiger partial charge on any atom is 0.225 e. The van der Waals surface area contributed by atoms with Gasteiger partial charge in [-0.3, -0.25) is 0 Å². The second-order valence-electron chi connectivity index (χ2n) is 6.12. The minimum Gasteiger partial charge on any atom is -0.341 e. The van der Waals surface area contributed by atoms with E-state index in [1.165, 1.54) is 5.56 Å². The van der Waals surface area contributed by atoms with Crippen molar-refractivity contribution in [2.24, 2.45) is 0 Å². The van der Waals surface area contributed by atoms with Gasteiger partial charge in [-0.15, -0.1) is 0 Å². The normalized spacial score (nSPS) is 16.4. The van der Waals surface area contributed by atoms with Gasteiger partial charge in [0.2, 0.25) is 5.95 Å². The van der Waals surface area contributed by atoms with Crippen LogP contribution in [0.1, 0.15) is 18.4 Å². The van der Waals surface area contributed by atoms with Crippen molar-refractivity contribution in [1.82, 2.24) is 14.9 Å². The van der Waals surface area contributed by atoms with Gasteiger partial charge in [0.1, 0.15) is 0 Å². The van der Waals surface area contributed by atoms with E-state index in [2.05, 4.69) is 57.1 Å². The van der Waals surface area contributed by atoms with Crippen molar-refractivity contribution in [2.45, 2.75) is 25.3 Å². The first-order chi connectivity index (χ1) is 11.2. The Balaban J connectivity index is 1.47. The van der Waals surface area contributed by atoms with E-state index in [-0.39, 0.29) is 0 Å². The Bertz CT molecular complexity index is 594. The first-order valence-electron chi connectivity index (χ1n) is 8.19. The monoisotopic (exact) mass is 330 g/mol. The van der Waals surface area contributed by atoms with Crippen molar-refractivity contribution < 1.29 is 0 Å². The minimum absolute atomic E-state index is 0.504. The van der Waals surface area contributed by atoms with Crippen LogP contribution in [0.25, 0.3) is 0 Å². The summed E-state index contributed by atoms with van der Waals surface area (Å²) in [5.41, 5.74) is 1.42. The number of hydrogen-bond acceptors (Lipinski definition) is 4. The van der Waals surface area contributed by atoms with Gasteiger partial charge in [-0.05, 0) is 24.8 Å². The van der Waals surface area contributed by atoms with E-state index in [0.717, 1.165) is 44.8 Å². The van der Waals surface area contributed by atoms with Gasteiger partial charge in [-0.2, -0.15) is 0 Å². The van der Waals surface area contributed by atoms with Crippen molar-refractivity contribution in [3.8, 4) is 0 Å². The summed E-state index contributed by atoms with van der Waals surface area (Å²) >= 11 is 5.86. The fraction of sp³-hybridized carbons (Fsp3) is 0.444. The summed E-state index contributed by atoms with van der Waals surface area (Å²) in [6.45, 7) is 3.41. The number of rotatable bonds is 5.